The number of benzene rings is 9. The summed E-state index contributed by atoms with van der Waals surface area (Å²) in [5.41, 5.74) is 14.2. The van der Waals surface area contributed by atoms with E-state index in [1.54, 1.807) is 0 Å². The molecule has 274 valence electrons. The molecule has 9 aromatic rings. The highest BCUT2D eigenvalue weighted by Gasteiger charge is 2.24. The maximum atomic E-state index is 6.40. The first kappa shape index (κ1) is 33.9. The molecule has 11 rings (SSSR count). The molecule has 2 nitrogen and oxygen atoms in total. The van der Waals surface area contributed by atoms with Gasteiger partial charge in [-0.15, -0.1) is 0 Å². The van der Waals surface area contributed by atoms with Gasteiger partial charge in [0.05, 0.1) is 5.69 Å². The second-order valence-electron chi connectivity index (χ2n) is 15.2. The number of allylic oxidation sites excluding steroid dienone is 3. The zero-order valence-corrected chi connectivity index (χ0v) is 31.9. The third-order valence-electron chi connectivity index (χ3n) is 11.8. The summed E-state index contributed by atoms with van der Waals surface area (Å²) in [5, 5.41) is 4.92. The normalized spacial score (nSPS) is 14.1. The fourth-order valence-corrected chi connectivity index (χ4v) is 8.95. The topological polar surface area (TPSA) is 12.5 Å². The summed E-state index contributed by atoms with van der Waals surface area (Å²) in [6.07, 6.45) is 8.05. The first-order valence-corrected chi connectivity index (χ1v) is 20.1. The van der Waals surface area contributed by atoms with Crippen LogP contribution in [0.2, 0.25) is 0 Å². The minimum Gasteiger partial charge on any atom is -0.456 e. The molecule has 0 saturated carbocycles. The molecule has 1 unspecified atom stereocenters. The molecular formula is C56H39NO. The third-order valence-corrected chi connectivity index (χ3v) is 11.8. The fraction of sp³-hybridized carbons (Fsp3) is 0.0357. The summed E-state index contributed by atoms with van der Waals surface area (Å²) in [4.78, 5) is 2.44. The molecule has 2 heteroatoms. The van der Waals surface area contributed by atoms with Crippen molar-refractivity contribution < 1.29 is 4.74 Å². The lowest BCUT2D eigenvalue weighted by atomic mass is 9.87. The summed E-state index contributed by atoms with van der Waals surface area (Å²) < 4.78 is 6.40. The summed E-state index contributed by atoms with van der Waals surface area (Å²) >= 11 is 0. The predicted molar refractivity (Wildman–Crippen MR) is 243 cm³/mol. The second kappa shape index (κ2) is 14.3. The molecule has 0 N–H and O–H groups in total. The summed E-state index contributed by atoms with van der Waals surface area (Å²) in [6.45, 7) is 0. The molecule has 2 aliphatic rings. The highest BCUT2D eigenvalue weighted by atomic mass is 16.5. The zero-order chi connectivity index (χ0) is 38.4. The van der Waals surface area contributed by atoms with E-state index in [2.05, 4.69) is 217 Å². The van der Waals surface area contributed by atoms with Crippen molar-refractivity contribution in [2.24, 2.45) is 0 Å². The van der Waals surface area contributed by atoms with Crippen LogP contribution >= 0.6 is 0 Å². The minimum absolute atomic E-state index is 0.290. The van der Waals surface area contributed by atoms with Gasteiger partial charge in [-0.3, -0.25) is 0 Å². The molecule has 0 saturated heterocycles. The van der Waals surface area contributed by atoms with Gasteiger partial charge in [0.1, 0.15) is 11.5 Å². The molecule has 0 fully saturated rings. The Balaban J connectivity index is 1.02. The number of hydrogen-bond donors (Lipinski definition) is 0. The van der Waals surface area contributed by atoms with Crippen molar-refractivity contribution in [1.82, 2.24) is 0 Å². The van der Waals surface area contributed by atoms with Crippen molar-refractivity contribution in [3.05, 3.63) is 230 Å². The molecule has 0 aromatic heterocycles. The van der Waals surface area contributed by atoms with E-state index in [9.17, 15) is 0 Å². The predicted octanol–water partition coefficient (Wildman–Crippen LogP) is 15.5. The Morgan fingerprint density at radius 3 is 1.86 bits per heavy atom. The molecule has 0 bridgehead atoms. The highest BCUT2D eigenvalue weighted by Crippen LogP contribution is 2.49. The molecule has 1 heterocycles. The van der Waals surface area contributed by atoms with Gasteiger partial charge in [0.2, 0.25) is 0 Å². The standard InChI is InChI=1S/C56H39NO/c1-2-12-38(13-3-1)39-24-26-40(27-25-39)41-28-32-46(33-29-41)57(47-34-30-43(31-35-47)49-20-10-15-42-14-4-5-17-48(42)49)53-21-8-6-18-50(53)45-36-44-16-11-23-55-56(44)52(37-45)51-19-7-9-22-54(51)58-55/h1-30,32-37,43H,31H2. The van der Waals surface area contributed by atoms with Crippen LogP contribution in [0.4, 0.5) is 11.4 Å². The van der Waals surface area contributed by atoms with Crippen molar-refractivity contribution in [1.29, 1.82) is 0 Å². The van der Waals surface area contributed by atoms with Crippen LogP contribution in [-0.2, 0) is 0 Å². The molecular weight excluding hydrogens is 703 g/mol. The summed E-state index contributed by atoms with van der Waals surface area (Å²) in [7, 11) is 0. The van der Waals surface area contributed by atoms with E-state index in [-0.39, 0.29) is 0 Å². The molecule has 0 spiro atoms. The van der Waals surface area contributed by atoms with E-state index in [4.69, 9.17) is 4.74 Å². The Morgan fingerprint density at radius 1 is 0.448 bits per heavy atom. The van der Waals surface area contributed by atoms with E-state index >= 15 is 0 Å². The SMILES string of the molecule is C1=CC(c2cccc3ccccc23)CC=C1N(c1ccc(-c2ccc(-c3ccccc3)cc2)cc1)c1ccccc1-c1cc2c3c(cccc3c1)Oc1ccccc1-2. The van der Waals surface area contributed by atoms with E-state index in [0.29, 0.717) is 5.92 Å². The number of anilines is 2. The Kier molecular flexibility index (Phi) is 8.33. The molecule has 9 aromatic carbocycles. The van der Waals surface area contributed by atoms with Crippen LogP contribution in [0.1, 0.15) is 17.9 Å². The molecule has 0 radical (unpaired) electrons. The summed E-state index contributed by atoms with van der Waals surface area (Å²) in [5.74, 6) is 2.08. The van der Waals surface area contributed by atoms with Crippen molar-refractivity contribution >= 4 is 32.9 Å². The Hall–Kier alpha value is -7.42. The van der Waals surface area contributed by atoms with Crippen LogP contribution in [-0.4, -0.2) is 0 Å². The molecule has 1 aliphatic carbocycles. The van der Waals surface area contributed by atoms with Crippen LogP contribution < -0.4 is 9.64 Å². The van der Waals surface area contributed by atoms with Crippen molar-refractivity contribution in [2.75, 3.05) is 4.90 Å². The zero-order valence-electron chi connectivity index (χ0n) is 31.9. The van der Waals surface area contributed by atoms with E-state index in [0.717, 1.165) is 51.3 Å². The van der Waals surface area contributed by atoms with Gasteiger partial charge < -0.3 is 9.64 Å². The van der Waals surface area contributed by atoms with Gasteiger partial charge in [-0.1, -0.05) is 170 Å². The van der Waals surface area contributed by atoms with Gasteiger partial charge in [0.25, 0.3) is 0 Å². The Labute approximate surface area is 339 Å². The average molecular weight is 742 g/mol. The number of nitrogens with zero attached hydrogens (tertiary/aromatic N) is 1. The highest BCUT2D eigenvalue weighted by molar-refractivity contribution is 6.07. The Bertz CT molecular complexity index is 3040. The maximum Gasteiger partial charge on any atom is 0.135 e. The lowest BCUT2D eigenvalue weighted by Gasteiger charge is -2.31. The van der Waals surface area contributed by atoms with Gasteiger partial charge in [-0.05, 0) is 110 Å². The number of ether oxygens (including phenoxy) is 1. The van der Waals surface area contributed by atoms with Gasteiger partial charge in [-0.25, -0.2) is 0 Å². The van der Waals surface area contributed by atoms with Crippen molar-refractivity contribution in [3.63, 3.8) is 0 Å². The minimum atomic E-state index is 0.290. The quantitative estimate of drug-likeness (QED) is 0.161. The summed E-state index contributed by atoms with van der Waals surface area (Å²) in [6, 6.07) is 72.2. The van der Waals surface area contributed by atoms with E-state index in [1.807, 2.05) is 6.07 Å². The average Bonchev–Trinajstić information content (AvgIpc) is 3.30. The second-order valence-corrected chi connectivity index (χ2v) is 15.2. The van der Waals surface area contributed by atoms with Gasteiger partial charge in [0, 0.05) is 33.8 Å². The lowest BCUT2D eigenvalue weighted by molar-refractivity contribution is 0.487. The first-order chi connectivity index (χ1) is 28.7. The van der Waals surface area contributed by atoms with Gasteiger partial charge >= 0.3 is 0 Å². The van der Waals surface area contributed by atoms with Crippen molar-refractivity contribution in [2.45, 2.75) is 12.3 Å². The molecule has 1 aliphatic heterocycles. The molecule has 1 atom stereocenters. The van der Waals surface area contributed by atoms with E-state index in [1.165, 1.54) is 55.3 Å². The van der Waals surface area contributed by atoms with Crippen LogP contribution in [0.25, 0.3) is 66.1 Å². The smallest absolute Gasteiger partial charge is 0.135 e. The van der Waals surface area contributed by atoms with E-state index < -0.39 is 0 Å². The first-order valence-electron chi connectivity index (χ1n) is 20.1. The van der Waals surface area contributed by atoms with Crippen LogP contribution in [0.15, 0.2) is 224 Å². The molecule has 0 amide bonds. The third kappa shape index (κ3) is 5.98. The largest absolute Gasteiger partial charge is 0.456 e. The molecule has 58 heavy (non-hydrogen) atoms. The van der Waals surface area contributed by atoms with Crippen LogP contribution in [0, 0.1) is 0 Å². The monoisotopic (exact) mass is 741 g/mol. The maximum absolute atomic E-state index is 6.40. The van der Waals surface area contributed by atoms with Gasteiger partial charge in [-0.2, -0.15) is 0 Å². The van der Waals surface area contributed by atoms with Crippen molar-refractivity contribution in [3.8, 4) is 56.0 Å². The van der Waals surface area contributed by atoms with Crippen LogP contribution in [0.3, 0.4) is 0 Å². The van der Waals surface area contributed by atoms with Crippen LogP contribution in [0.5, 0.6) is 11.5 Å². The number of para-hydroxylation sites is 2. The fourth-order valence-electron chi connectivity index (χ4n) is 8.95. The lowest BCUT2D eigenvalue weighted by Crippen LogP contribution is -2.18. The number of fused-ring (bicyclic) bond motifs is 3. The van der Waals surface area contributed by atoms with Gasteiger partial charge in [0.15, 0.2) is 0 Å². The Morgan fingerprint density at radius 2 is 1.07 bits per heavy atom. The number of hydrogen-bond acceptors (Lipinski definition) is 2. The number of rotatable bonds is 7.